The summed E-state index contributed by atoms with van der Waals surface area (Å²) in [5, 5.41) is 0. The number of methoxy groups -OCH3 is 1. The van der Waals surface area contributed by atoms with Crippen LogP contribution in [0, 0.1) is 13.8 Å². The lowest BCUT2D eigenvalue weighted by molar-refractivity contribution is -0.133. The van der Waals surface area contributed by atoms with Crippen molar-refractivity contribution >= 4 is 15.9 Å². The third-order valence-corrected chi connectivity index (χ3v) is 7.55. The van der Waals surface area contributed by atoms with Gasteiger partial charge in [-0.1, -0.05) is 12.1 Å². The number of likely N-dealkylation sites (tertiary alicyclic amines) is 1. The zero-order valence-electron chi connectivity index (χ0n) is 16.3. The van der Waals surface area contributed by atoms with Gasteiger partial charge in [0.1, 0.15) is 0 Å². The SMILES string of the molecule is COCCN1CCC(N2CCN(S(=O)(=O)c3cc(C)ccc3C)CC2)C1=O. The molecule has 150 valence electrons. The number of carbonyl (C=O) groups is 1. The number of aryl methyl sites for hydroxylation is 2. The van der Waals surface area contributed by atoms with Gasteiger partial charge in [-0.25, -0.2) is 8.42 Å². The van der Waals surface area contributed by atoms with Crippen molar-refractivity contribution in [3.63, 3.8) is 0 Å². The Morgan fingerprint density at radius 2 is 1.81 bits per heavy atom. The van der Waals surface area contributed by atoms with E-state index in [2.05, 4.69) is 4.90 Å². The number of piperazine rings is 1. The van der Waals surface area contributed by atoms with Crippen molar-refractivity contribution in [3.8, 4) is 0 Å². The lowest BCUT2D eigenvalue weighted by Gasteiger charge is -2.36. The van der Waals surface area contributed by atoms with Crippen molar-refractivity contribution in [2.24, 2.45) is 0 Å². The number of nitrogens with zero attached hydrogens (tertiary/aromatic N) is 3. The molecule has 0 bridgehead atoms. The summed E-state index contributed by atoms with van der Waals surface area (Å²) in [7, 11) is -1.87. The van der Waals surface area contributed by atoms with E-state index in [1.54, 1.807) is 17.5 Å². The molecular formula is C19H29N3O4S. The molecule has 27 heavy (non-hydrogen) atoms. The van der Waals surface area contributed by atoms with Gasteiger partial charge in [0, 0.05) is 46.4 Å². The average Bonchev–Trinajstić information content (AvgIpc) is 3.02. The van der Waals surface area contributed by atoms with Crippen molar-refractivity contribution in [2.45, 2.75) is 31.2 Å². The van der Waals surface area contributed by atoms with Gasteiger partial charge in [-0.3, -0.25) is 9.69 Å². The van der Waals surface area contributed by atoms with Crippen LogP contribution in [0.15, 0.2) is 23.1 Å². The van der Waals surface area contributed by atoms with E-state index in [4.69, 9.17) is 4.74 Å². The minimum atomic E-state index is -3.50. The van der Waals surface area contributed by atoms with Gasteiger partial charge in [-0.15, -0.1) is 0 Å². The number of amides is 1. The van der Waals surface area contributed by atoms with E-state index in [1.807, 2.05) is 30.9 Å². The van der Waals surface area contributed by atoms with E-state index in [0.29, 0.717) is 44.2 Å². The number of hydrogen-bond acceptors (Lipinski definition) is 5. The summed E-state index contributed by atoms with van der Waals surface area (Å²) in [4.78, 5) is 16.9. The van der Waals surface area contributed by atoms with Crippen LogP contribution in [0.25, 0.3) is 0 Å². The number of hydrogen-bond donors (Lipinski definition) is 0. The molecule has 0 spiro atoms. The molecule has 1 aromatic rings. The topological polar surface area (TPSA) is 70.2 Å². The fraction of sp³-hybridized carbons (Fsp3) is 0.632. The van der Waals surface area contributed by atoms with Gasteiger partial charge in [-0.2, -0.15) is 4.31 Å². The molecule has 7 nitrogen and oxygen atoms in total. The second kappa shape index (κ2) is 8.26. The molecule has 2 saturated heterocycles. The molecule has 2 aliphatic rings. The standard InChI is InChI=1S/C19H29N3O4S/c1-15-4-5-16(2)18(14-15)27(24,25)22-10-8-20(9-11-22)17-6-7-21(19(17)23)12-13-26-3/h4-5,14,17H,6-13H2,1-3H3. The maximum Gasteiger partial charge on any atom is 0.243 e. The van der Waals surface area contributed by atoms with Gasteiger partial charge in [-0.05, 0) is 37.5 Å². The zero-order valence-corrected chi connectivity index (χ0v) is 17.2. The number of benzene rings is 1. The van der Waals surface area contributed by atoms with Crippen molar-refractivity contribution in [2.75, 3.05) is 53.0 Å². The smallest absolute Gasteiger partial charge is 0.243 e. The largest absolute Gasteiger partial charge is 0.383 e. The Morgan fingerprint density at radius 3 is 2.48 bits per heavy atom. The third-order valence-electron chi connectivity index (χ3n) is 5.51. The lowest BCUT2D eigenvalue weighted by atomic mass is 10.2. The molecule has 2 heterocycles. The molecule has 8 heteroatoms. The summed E-state index contributed by atoms with van der Waals surface area (Å²) in [5.74, 6) is 0.137. The monoisotopic (exact) mass is 395 g/mol. The quantitative estimate of drug-likeness (QED) is 0.714. The Labute approximate surface area is 161 Å². The van der Waals surface area contributed by atoms with Gasteiger partial charge in [0.15, 0.2) is 0 Å². The molecule has 1 unspecified atom stereocenters. The van der Waals surface area contributed by atoms with Crippen LogP contribution in [0.5, 0.6) is 0 Å². The highest BCUT2D eigenvalue weighted by atomic mass is 32.2. The maximum absolute atomic E-state index is 13.0. The highest BCUT2D eigenvalue weighted by molar-refractivity contribution is 7.89. The fourth-order valence-electron chi connectivity index (χ4n) is 3.86. The molecule has 0 saturated carbocycles. The second-order valence-corrected chi connectivity index (χ2v) is 9.24. The molecule has 3 rings (SSSR count). The predicted octanol–water partition coefficient (Wildman–Crippen LogP) is 0.857. The van der Waals surface area contributed by atoms with Crippen LogP contribution >= 0.6 is 0 Å². The van der Waals surface area contributed by atoms with Crippen LogP contribution in [0.3, 0.4) is 0 Å². The van der Waals surface area contributed by atoms with Crippen molar-refractivity contribution < 1.29 is 17.9 Å². The van der Waals surface area contributed by atoms with Crippen LogP contribution < -0.4 is 0 Å². The molecular weight excluding hydrogens is 366 g/mol. The Bertz CT molecular complexity index is 788. The first kappa shape index (κ1) is 20.3. The molecule has 0 N–H and O–H groups in total. The molecule has 2 fully saturated rings. The van der Waals surface area contributed by atoms with Crippen molar-refractivity contribution in [1.82, 2.24) is 14.1 Å². The van der Waals surface area contributed by atoms with E-state index in [-0.39, 0.29) is 11.9 Å². The summed E-state index contributed by atoms with van der Waals surface area (Å²) >= 11 is 0. The molecule has 0 radical (unpaired) electrons. The van der Waals surface area contributed by atoms with Crippen LogP contribution in [-0.2, 0) is 19.6 Å². The van der Waals surface area contributed by atoms with Gasteiger partial charge >= 0.3 is 0 Å². The minimum absolute atomic E-state index is 0.132. The van der Waals surface area contributed by atoms with Crippen LogP contribution in [0.1, 0.15) is 17.5 Å². The fourth-order valence-corrected chi connectivity index (χ4v) is 5.60. The summed E-state index contributed by atoms with van der Waals surface area (Å²) in [5.41, 5.74) is 1.70. The predicted molar refractivity (Wildman–Crippen MR) is 103 cm³/mol. The molecule has 0 aromatic heterocycles. The van der Waals surface area contributed by atoms with Crippen LogP contribution in [0.2, 0.25) is 0 Å². The number of rotatable bonds is 6. The van der Waals surface area contributed by atoms with E-state index >= 15 is 0 Å². The van der Waals surface area contributed by atoms with Crippen LogP contribution in [0.4, 0.5) is 0 Å². The van der Waals surface area contributed by atoms with E-state index in [9.17, 15) is 13.2 Å². The Balaban J connectivity index is 1.64. The first-order valence-electron chi connectivity index (χ1n) is 9.44. The number of ether oxygens (including phenoxy) is 1. The summed E-state index contributed by atoms with van der Waals surface area (Å²) in [6, 6.07) is 5.38. The van der Waals surface area contributed by atoms with E-state index in [1.165, 1.54) is 0 Å². The highest BCUT2D eigenvalue weighted by Gasteiger charge is 2.38. The third kappa shape index (κ3) is 4.18. The molecule has 1 amide bonds. The average molecular weight is 396 g/mol. The maximum atomic E-state index is 13.0. The molecule has 1 atom stereocenters. The van der Waals surface area contributed by atoms with Gasteiger partial charge in [0.25, 0.3) is 0 Å². The van der Waals surface area contributed by atoms with Gasteiger partial charge < -0.3 is 9.64 Å². The number of carbonyl (C=O) groups excluding carboxylic acids is 1. The Hall–Kier alpha value is -1.48. The first-order valence-corrected chi connectivity index (χ1v) is 10.9. The lowest BCUT2D eigenvalue weighted by Crippen LogP contribution is -2.53. The Morgan fingerprint density at radius 1 is 1.11 bits per heavy atom. The molecule has 0 aliphatic carbocycles. The first-order chi connectivity index (χ1) is 12.8. The van der Waals surface area contributed by atoms with Crippen LogP contribution in [-0.4, -0.2) is 87.5 Å². The molecule has 2 aliphatic heterocycles. The molecule has 1 aromatic carbocycles. The minimum Gasteiger partial charge on any atom is -0.383 e. The summed E-state index contributed by atoms with van der Waals surface area (Å²) in [6.45, 7) is 7.62. The second-order valence-electron chi connectivity index (χ2n) is 7.33. The normalized spacial score (nSPS) is 22.6. The van der Waals surface area contributed by atoms with Crippen molar-refractivity contribution in [3.05, 3.63) is 29.3 Å². The van der Waals surface area contributed by atoms with Gasteiger partial charge in [0.05, 0.1) is 17.5 Å². The number of sulfonamides is 1. The Kier molecular flexibility index (Phi) is 6.20. The summed E-state index contributed by atoms with van der Waals surface area (Å²) < 4.78 is 32.7. The van der Waals surface area contributed by atoms with E-state index in [0.717, 1.165) is 24.1 Å². The van der Waals surface area contributed by atoms with Gasteiger partial charge in [0.2, 0.25) is 15.9 Å². The zero-order chi connectivity index (χ0) is 19.6. The van der Waals surface area contributed by atoms with E-state index < -0.39 is 10.0 Å². The highest BCUT2D eigenvalue weighted by Crippen LogP contribution is 2.24. The summed E-state index contributed by atoms with van der Waals surface area (Å²) in [6.07, 6.45) is 0.798. The van der Waals surface area contributed by atoms with Crippen molar-refractivity contribution in [1.29, 1.82) is 0 Å².